The molecule has 2 amide bonds. The monoisotopic (exact) mass is 423 g/mol. The predicted molar refractivity (Wildman–Crippen MR) is 97.0 cm³/mol. The van der Waals surface area contributed by atoms with Crippen LogP contribution in [0, 0.1) is 0 Å². The molecule has 3 atom stereocenters. The summed E-state index contributed by atoms with van der Waals surface area (Å²) >= 11 is 0. The standard InChI is InChI=1S/C21H17F4NO4/c1-10(22)16-9-12(21(23,24)25)3-7-17(16)29-13-4-6-14-11(8-13)2-5-15(14)18-19(27)26-20(28)30-18/h3-4,6-10,15,18H,2,5H2,1H3,(H,26,27,28)/t10-,15-,18+/m1/s1. The number of carbonyl (C=O) groups excluding carboxylic acids is 2. The van der Waals surface area contributed by atoms with Crippen LogP contribution in [0.25, 0.3) is 0 Å². The van der Waals surface area contributed by atoms with E-state index in [0.29, 0.717) is 18.6 Å². The normalized spacial score (nSPS) is 21.8. The van der Waals surface area contributed by atoms with Crippen molar-refractivity contribution < 1.29 is 36.6 Å². The van der Waals surface area contributed by atoms with Gasteiger partial charge in [0, 0.05) is 11.5 Å². The second kappa shape index (κ2) is 7.30. The molecule has 158 valence electrons. The number of alkyl halides is 4. The summed E-state index contributed by atoms with van der Waals surface area (Å²) in [7, 11) is 0. The second-order valence-corrected chi connectivity index (χ2v) is 7.29. The lowest BCUT2D eigenvalue weighted by molar-refractivity contribution is -0.137. The Labute approximate surface area is 169 Å². The van der Waals surface area contributed by atoms with Crippen molar-refractivity contribution in [3.8, 4) is 11.5 Å². The van der Waals surface area contributed by atoms with Crippen molar-refractivity contribution >= 4 is 12.0 Å². The predicted octanol–water partition coefficient (Wildman–Crippen LogP) is 5.19. The Morgan fingerprint density at radius 2 is 1.93 bits per heavy atom. The number of nitrogens with one attached hydrogen (secondary N) is 1. The largest absolute Gasteiger partial charge is 0.457 e. The van der Waals surface area contributed by atoms with Crippen LogP contribution in [0.5, 0.6) is 11.5 Å². The highest BCUT2D eigenvalue weighted by Gasteiger charge is 2.42. The van der Waals surface area contributed by atoms with Crippen molar-refractivity contribution in [3.05, 3.63) is 58.7 Å². The van der Waals surface area contributed by atoms with Crippen LogP contribution >= 0.6 is 0 Å². The zero-order valence-electron chi connectivity index (χ0n) is 15.8. The molecule has 1 N–H and O–H groups in total. The van der Waals surface area contributed by atoms with Gasteiger partial charge in [0.25, 0.3) is 5.91 Å². The Morgan fingerprint density at radius 3 is 2.57 bits per heavy atom. The maximum Gasteiger partial charge on any atom is 0.416 e. The zero-order valence-corrected chi connectivity index (χ0v) is 15.8. The molecule has 1 heterocycles. The van der Waals surface area contributed by atoms with E-state index < -0.39 is 36.0 Å². The minimum Gasteiger partial charge on any atom is -0.457 e. The van der Waals surface area contributed by atoms with Crippen LogP contribution in [0.1, 0.15) is 47.7 Å². The van der Waals surface area contributed by atoms with E-state index >= 15 is 0 Å². The molecule has 2 aromatic rings. The molecule has 5 nitrogen and oxygen atoms in total. The van der Waals surface area contributed by atoms with Crippen LogP contribution in [-0.4, -0.2) is 18.1 Å². The van der Waals surface area contributed by atoms with Crippen molar-refractivity contribution in [2.45, 2.75) is 44.1 Å². The highest BCUT2D eigenvalue weighted by molar-refractivity contribution is 6.00. The molecule has 1 fully saturated rings. The Bertz CT molecular complexity index is 1020. The summed E-state index contributed by atoms with van der Waals surface area (Å²) in [6.45, 7) is 1.14. The van der Waals surface area contributed by atoms with E-state index in [1.807, 2.05) is 0 Å². The van der Waals surface area contributed by atoms with Crippen LogP contribution in [0.4, 0.5) is 22.4 Å². The van der Waals surface area contributed by atoms with E-state index in [0.717, 1.165) is 36.2 Å². The first-order chi connectivity index (χ1) is 14.1. The summed E-state index contributed by atoms with van der Waals surface area (Å²) < 4.78 is 63.5. The van der Waals surface area contributed by atoms with Gasteiger partial charge in [0.2, 0.25) is 0 Å². The number of carbonyl (C=O) groups is 2. The highest BCUT2D eigenvalue weighted by atomic mass is 19.4. The van der Waals surface area contributed by atoms with E-state index in [9.17, 15) is 27.2 Å². The molecule has 0 aromatic heterocycles. The third-order valence-corrected chi connectivity index (χ3v) is 5.32. The number of cyclic esters (lactones) is 1. The van der Waals surface area contributed by atoms with Crippen molar-refractivity contribution in [2.24, 2.45) is 0 Å². The van der Waals surface area contributed by atoms with E-state index in [1.165, 1.54) is 0 Å². The second-order valence-electron chi connectivity index (χ2n) is 7.29. The smallest absolute Gasteiger partial charge is 0.416 e. The minimum absolute atomic E-state index is 0.00315. The molecule has 30 heavy (non-hydrogen) atoms. The van der Waals surface area contributed by atoms with Crippen molar-refractivity contribution in [2.75, 3.05) is 0 Å². The lowest BCUT2D eigenvalue weighted by Gasteiger charge is -2.17. The molecule has 1 aliphatic heterocycles. The third kappa shape index (κ3) is 3.71. The third-order valence-electron chi connectivity index (χ3n) is 5.32. The van der Waals surface area contributed by atoms with Gasteiger partial charge in [0.15, 0.2) is 6.10 Å². The number of alkyl carbamates (subject to hydrolysis) is 1. The number of hydrogen-bond donors (Lipinski definition) is 1. The van der Waals surface area contributed by atoms with E-state index in [2.05, 4.69) is 5.32 Å². The van der Waals surface area contributed by atoms with Crippen molar-refractivity contribution in [1.82, 2.24) is 5.32 Å². The SMILES string of the molecule is C[C@@H](F)c1cc(C(F)(F)F)ccc1Oc1ccc2c(c1)CC[C@H]2[C@@H]1OC(=O)NC1=O. The molecule has 0 bridgehead atoms. The fourth-order valence-electron chi connectivity index (χ4n) is 3.90. The number of hydrogen-bond acceptors (Lipinski definition) is 4. The quantitative estimate of drug-likeness (QED) is 0.688. The average molecular weight is 423 g/mol. The molecule has 0 unspecified atom stereocenters. The van der Waals surface area contributed by atoms with Gasteiger partial charge in [-0.05, 0) is 61.2 Å². The van der Waals surface area contributed by atoms with Crippen LogP contribution in [0.15, 0.2) is 36.4 Å². The van der Waals surface area contributed by atoms with Crippen LogP contribution < -0.4 is 10.1 Å². The molecule has 9 heteroatoms. The van der Waals surface area contributed by atoms with E-state index in [4.69, 9.17) is 9.47 Å². The lowest BCUT2D eigenvalue weighted by Crippen LogP contribution is -2.28. The molecule has 2 aromatic carbocycles. The number of imide groups is 1. The molecule has 0 saturated carbocycles. The summed E-state index contributed by atoms with van der Waals surface area (Å²) in [4.78, 5) is 23.2. The summed E-state index contributed by atoms with van der Waals surface area (Å²) in [6, 6.07) is 7.72. The van der Waals surface area contributed by atoms with Gasteiger partial charge in [-0.25, -0.2) is 9.18 Å². The summed E-state index contributed by atoms with van der Waals surface area (Å²) in [5, 5.41) is 2.11. The number of ether oxygens (including phenoxy) is 2. The number of benzene rings is 2. The molecule has 1 saturated heterocycles. The van der Waals surface area contributed by atoms with E-state index in [1.54, 1.807) is 18.2 Å². The van der Waals surface area contributed by atoms with Gasteiger partial charge in [-0.15, -0.1) is 0 Å². The Kier molecular flexibility index (Phi) is 4.91. The van der Waals surface area contributed by atoms with Gasteiger partial charge in [-0.2, -0.15) is 13.2 Å². The average Bonchev–Trinajstić information content (AvgIpc) is 3.22. The lowest BCUT2D eigenvalue weighted by atomic mass is 9.95. The first-order valence-corrected chi connectivity index (χ1v) is 9.31. The zero-order chi connectivity index (χ0) is 21.6. The van der Waals surface area contributed by atoms with Crippen LogP contribution in [0.3, 0.4) is 0 Å². The van der Waals surface area contributed by atoms with Crippen LogP contribution in [-0.2, 0) is 22.1 Å². The number of aryl methyl sites for hydroxylation is 1. The van der Waals surface area contributed by atoms with Crippen molar-refractivity contribution in [3.63, 3.8) is 0 Å². The van der Waals surface area contributed by atoms with Gasteiger partial charge in [0.05, 0.1) is 5.56 Å². The number of rotatable bonds is 4. The highest BCUT2D eigenvalue weighted by Crippen LogP contribution is 2.41. The van der Waals surface area contributed by atoms with Crippen LogP contribution in [0.2, 0.25) is 0 Å². The minimum atomic E-state index is -4.58. The molecule has 2 aliphatic rings. The van der Waals surface area contributed by atoms with Gasteiger partial charge in [-0.1, -0.05) is 6.07 Å². The first kappa shape index (κ1) is 20.2. The Morgan fingerprint density at radius 1 is 1.17 bits per heavy atom. The summed E-state index contributed by atoms with van der Waals surface area (Å²) in [5.41, 5.74) is 0.562. The fourth-order valence-corrected chi connectivity index (χ4v) is 3.90. The summed E-state index contributed by atoms with van der Waals surface area (Å²) in [6.07, 6.45) is -6.69. The number of halogens is 4. The fraction of sp³-hybridized carbons (Fsp3) is 0.333. The molecular weight excluding hydrogens is 406 g/mol. The van der Waals surface area contributed by atoms with Gasteiger partial charge in [0.1, 0.15) is 17.7 Å². The topological polar surface area (TPSA) is 64.6 Å². The molecule has 1 aliphatic carbocycles. The maximum absolute atomic E-state index is 14.0. The first-order valence-electron chi connectivity index (χ1n) is 9.31. The maximum atomic E-state index is 14.0. The van der Waals surface area contributed by atoms with Gasteiger partial charge in [-0.3, -0.25) is 10.1 Å². The Balaban J connectivity index is 1.59. The Hall–Kier alpha value is -3.10. The molecule has 4 rings (SSSR count). The van der Waals surface area contributed by atoms with E-state index in [-0.39, 0.29) is 17.2 Å². The van der Waals surface area contributed by atoms with Crippen molar-refractivity contribution in [1.29, 1.82) is 0 Å². The van der Waals surface area contributed by atoms with Gasteiger partial charge >= 0.3 is 12.3 Å². The molecule has 0 radical (unpaired) electrons. The molecule has 0 spiro atoms. The number of amides is 2. The van der Waals surface area contributed by atoms with Gasteiger partial charge < -0.3 is 9.47 Å². The summed E-state index contributed by atoms with van der Waals surface area (Å²) in [5.74, 6) is -0.432. The number of fused-ring (bicyclic) bond motifs is 1. The molecular formula is C21H17F4NO4.